The number of nitrogens with one attached hydrogen (secondary N) is 3. The minimum atomic E-state index is -0.489. The Labute approximate surface area is 546 Å². The predicted octanol–water partition coefficient (Wildman–Crippen LogP) is 14.3. The molecule has 3 aromatic heterocycles. The molecule has 10 rings (SSSR count). The Balaban J connectivity index is 0.00000105. The van der Waals surface area contributed by atoms with E-state index in [0.29, 0.717) is 38.7 Å². The molecule has 6 N–H and O–H groups in total. The lowest BCUT2D eigenvalue weighted by Gasteiger charge is -2.32. The van der Waals surface area contributed by atoms with Crippen LogP contribution in [0.1, 0.15) is 146 Å². The zero-order valence-electron chi connectivity index (χ0n) is 49.2. The largest absolute Gasteiger partial charge is 0.494 e. The summed E-state index contributed by atoms with van der Waals surface area (Å²) in [6.07, 6.45) is 0. The summed E-state index contributed by atoms with van der Waals surface area (Å²) < 4.78 is 66.2. The van der Waals surface area contributed by atoms with Crippen molar-refractivity contribution < 1.29 is 70.3 Å². The van der Waals surface area contributed by atoms with Crippen molar-refractivity contribution in [1.29, 1.82) is 5.26 Å². The van der Waals surface area contributed by atoms with E-state index in [2.05, 4.69) is 85.5 Å². The van der Waals surface area contributed by atoms with Gasteiger partial charge in [0.1, 0.15) is 11.9 Å². The summed E-state index contributed by atoms with van der Waals surface area (Å²) in [5.41, 5.74) is 7.53. The standard InChI is InChI=1S/C15H19BN2O4.C12H24B2O4.C9H7BrN2O2.C7H3BrFN.C7H5BrN2O.C2H3ClO.C2H5NO2.4CH4/c1-9(19)17-13-11-7-6-10(8-12(11)20-18-13)16-21-14(2,3)15(4,5)22-16;1-9(2)10(3,4)16-13(15-9)14-17-11(5,6)12(7,8)18-14;1-5(13)11-9-7-3-2-6(10)4-8(7)14-12-9;8-6-2-1-5(4-10)7(9)3-6;8-4-1-2-5-6(3-4)11-10-7(5)9;1-2(3)4;1-2(4)3-5;;;;/h6-8H,1-5H3,(H,17,18,19);1-8H3;2-4H,1H3,(H,11,12,13);1-3H;1-3H,(H2,9,10);1H3;5H,1H3,(H,3,4);4*1H4. The van der Waals surface area contributed by atoms with Gasteiger partial charge in [-0.05, 0) is 167 Å². The van der Waals surface area contributed by atoms with Crippen LogP contribution in [-0.4, -0.2) is 98.4 Å². The summed E-state index contributed by atoms with van der Waals surface area (Å²) >= 11 is 14.3. The van der Waals surface area contributed by atoms with Crippen molar-refractivity contribution in [3.8, 4) is 6.07 Å². The number of rotatable bonds is 4. The molecule has 3 aliphatic rings. The van der Waals surface area contributed by atoms with Crippen molar-refractivity contribution in [3.05, 3.63) is 97.6 Å². The Hall–Kier alpha value is -5.77. The maximum atomic E-state index is 12.6. The van der Waals surface area contributed by atoms with Crippen LogP contribution in [0.4, 0.5) is 21.8 Å². The normalized spacial score (nSPS) is 16.1. The molecule has 4 aromatic carbocycles. The summed E-state index contributed by atoms with van der Waals surface area (Å²) in [5, 5.41) is 34.3. The third-order valence-electron chi connectivity index (χ3n) is 13.5. The van der Waals surface area contributed by atoms with Crippen LogP contribution in [-0.2, 0) is 47.1 Å². The summed E-state index contributed by atoms with van der Waals surface area (Å²) in [5.74, 6) is 0.0331. The summed E-state index contributed by atoms with van der Waals surface area (Å²) in [6.45, 7) is 29.6. The number of amides is 3. The lowest BCUT2D eigenvalue weighted by atomic mass is 9.49. The molecule has 3 amide bonds. The van der Waals surface area contributed by atoms with Gasteiger partial charge in [-0.3, -0.25) is 24.4 Å². The zero-order valence-corrected chi connectivity index (χ0v) is 54.7. The van der Waals surface area contributed by atoms with Crippen LogP contribution in [0.3, 0.4) is 0 Å². The Morgan fingerprint density at radius 2 is 0.864 bits per heavy atom. The van der Waals surface area contributed by atoms with Crippen LogP contribution in [0.2, 0.25) is 0 Å². The number of hydrogen-bond donors (Lipinski definition) is 5. The van der Waals surface area contributed by atoms with Gasteiger partial charge in [0.05, 0.1) is 55.3 Å². The molecule has 6 heterocycles. The van der Waals surface area contributed by atoms with Gasteiger partial charge in [0.2, 0.25) is 23.0 Å². The number of nitrogens with two attached hydrogens (primary N) is 1. The predicted molar refractivity (Wildman–Crippen MR) is 356 cm³/mol. The van der Waals surface area contributed by atoms with E-state index in [0.717, 1.165) is 30.6 Å². The van der Waals surface area contributed by atoms with E-state index in [9.17, 15) is 23.6 Å². The van der Waals surface area contributed by atoms with Crippen molar-refractivity contribution in [2.75, 3.05) is 16.4 Å². The van der Waals surface area contributed by atoms with Crippen molar-refractivity contribution >= 4 is 159 Å². The average molecular weight is 1440 g/mol. The highest BCUT2D eigenvalue weighted by molar-refractivity contribution is 9.11. The molecule has 3 aliphatic heterocycles. The van der Waals surface area contributed by atoms with Crippen molar-refractivity contribution in [2.24, 2.45) is 0 Å². The van der Waals surface area contributed by atoms with E-state index in [-0.39, 0.29) is 74.7 Å². The van der Waals surface area contributed by atoms with Gasteiger partial charge in [-0.2, -0.15) is 5.26 Å². The number of carbonyl (C=O) groups excluding carboxylic acids is 4. The van der Waals surface area contributed by atoms with Crippen LogP contribution in [0.15, 0.2) is 99.8 Å². The summed E-state index contributed by atoms with van der Waals surface area (Å²) in [6, 6.07) is 22.7. The van der Waals surface area contributed by atoms with Crippen LogP contribution in [0, 0.1) is 17.1 Å². The number of nitrogen functional groups attached to an aromatic ring is 1. The quantitative estimate of drug-likeness (QED) is 0.0473. The Morgan fingerprint density at radius 1 is 0.545 bits per heavy atom. The average Bonchev–Trinajstić information content (AvgIpc) is 4.40. The summed E-state index contributed by atoms with van der Waals surface area (Å²) in [4.78, 5) is 40.6. The molecule has 0 aliphatic carbocycles. The number of fused-ring (bicyclic) bond motifs is 3. The molecule has 0 radical (unpaired) electrons. The van der Waals surface area contributed by atoms with Crippen LogP contribution in [0.25, 0.3) is 32.9 Å². The van der Waals surface area contributed by atoms with Gasteiger partial charge in [-0.25, -0.2) is 9.87 Å². The lowest BCUT2D eigenvalue weighted by Crippen LogP contribution is -2.41. The minimum absolute atomic E-state index is 0. The third kappa shape index (κ3) is 22.3. The molecule has 3 fully saturated rings. The number of aromatic nitrogens is 3. The first-order valence-corrected chi connectivity index (χ1v) is 28.3. The van der Waals surface area contributed by atoms with Gasteiger partial charge in [-0.1, -0.05) is 99.0 Å². The second-order valence-electron chi connectivity index (χ2n) is 21.7. The highest BCUT2D eigenvalue weighted by Crippen LogP contribution is 2.43. The van der Waals surface area contributed by atoms with Crippen molar-refractivity contribution in [1.82, 2.24) is 21.0 Å². The van der Waals surface area contributed by atoms with Gasteiger partial charge >= 0.3 is 21.1 Å². The molecule has 0 spiro atoms. The molecule has 482 valence electrons. The molecular formula is C58H82B3Br3ClFN8O14. The third-order valence-corrected chi connectivity index (χ3v) is 15.0. The van der Waals surface area contributed by atoms with Crippen LogP contribution >= 0.6 is 59.4 Å². The molecule has 0 atom stereocenters. The number of hydrogen-bond acceptors (Lipinski definition) is 19. The van der Waals surface area contributed by atoms with Gasteiger partial charge in [0, 0.05) is 41.1 Å². The molecule has 88 heavy (non-hydrogen) atoms. The number of halogens is 5. The molecule has 30 heteroatoms. The number of carbonyl (C=O) groups is 4. The second kappa shape index (κ2) is 33.9. The molecule has 7 aromatic rings. The zero-order chi connectivity index (χ0) is 63.5. The van der Waals surface area contributed by atoms with E-state index in [1.54, 1.807) is 18.2 Å². The maximum Gasteiger partial charge on any atom is 0.494 e. The molecule has 22 nitrogen and oxygen atoms in total. The molecular weight excluding hydrogens is 1360 g/mol. The Morgan fingerprint density at radius 3 is 1.23 bits per heavy atom. The fourth-order valence-electron chi connectivity index (χ4n) is 7.02. The second-order valence-corrected chi connectivity index (χ2v) is 25.0. The fraction of sp³-hybridized carbons (Fsp3) is 0.448. The smallest absolute Gasteiger partial charge is 0.405 e. The van der Waals surface area contributed by atoms with Gasteiger partial charge in [-0.15, -0.1) is 0 Å². The number of nitriles is 1. The fourth-order valence-corrected chi connectivity index (χ4v) is 8.03. The number of hydroxylamine groups is 1. The highest BCUT2D eigenvalue weighted by Gasteiger charge is 2.63. The number of benzene rings is 4. The van der Waals surface area contributed by atoms with E-state index in [4.69, 9.17) is 57.7 Å². The van der Waals surface area contributed by atoms with Gasteiger partial charge in [0.25, 0.3) is 0 Å². The van der Waals surface area contributed by atoms with E-state index in [1.807, 2.05) is 132 Å². The molecule has 0 unspecified atom stereocenters. The van der Waals surface area contributed by atoms with E-state index >= 15 is 0 Å². The highest BCUT2D eigenvalue weighted by atomic mass is 79.9. The van der Waals surface area contributed by atoms with Crippen molar-refractivity contribution in [3.63, 3.8) is 0 Å². The monoisotopic (exact) mass is 1440 g/mol. The van der Waals surface area contributed by atoms with Gasteiger partial charge in [0.15, 0.2) is 34.2 Å². The first-order chi connectivity index (χ1) is 38.7. The number of anilines is 3. The maximum absolute atomic E-state index is 12.6. The van der Waals surface area contributed by atoms with Gasteiger partial charge < -0.3 is 57.9 Å². The molecule has 0 bridgehead atoms. The van der Waals surface area contributed by atoms with Crippen molar-refractivity contribution in [2.45, 2.75) is 174 Å². The summed E-state index contributed by atoms with van der Waals surface area (Å²) in [7, 11) is -1.41. The van der Waals surface area contributed by atoms with E-state index in [1.165, 1.54) is 45.3 Å². The lowest BCUT2D eigenvalue weighted by molar-refractivity contribution is -0.127. The van der Waals surface area contributed by atoms with Crippen LogP contribution in [0.5, 0.6) is 0 Å². The Bertz CT molecular complexity index is 3420. The SMILES string of the molecule is C.C.C.C.CC(=O)Cl.CC(=O)NO.CC(=O)Nc1noc2cc(B3OC(C)(C)C(C)(C)O3)ccc12.CC(=O)Nc1noc2cc(Br)ccc12.CC1(C)OB(B2OC(C)(C)C(C)(C)O2)OC1(C)C.N#Cc1ccc(Br)cc1F.Nc1noc2cc(Br)ccc12. The van der Waals surface area contributed by atoms with E-state index < -0.39 is 44.1 Å². The van der Waals surface area contributed by atoms with Crippen LogP contribution < -0.4 is 27.3 Å². The topological polar surface area (TPSA) is 308 Å². The minimum Gasteiger partial charge on any atom is -0.405 e. The molecule has 3 saturated heterocycles. The Kier molecular flexibility index (Phi) is 31.7. The first kappa shape index (κ1) is 82.2. The first-order valence-electron chi connectivity index (χ1n) is 25.5. The molecule has 0 saturated carbocycles. The number of nitrogens with zero attached hydrogens (tertiary/aromatic N) is 4.